The lowest BCUT2D eigenvalue weighted by molar-refractivity contribution is -0.167. The number of allylic oxidation sites excluding steroid dienone is 22. The van der Waals surface area contributed by atoms with E-state index in [0.717, 1.165) is 135 Å². The van der Waals surface area contributed by atoms with Crippen LogP contribution in [-0.2, 0) is 28.6 Å². The van der Waals surface area contributed by atoms with Crippen molar-refractivity contribution in [1.82, 2.24) is 0 Å². The molecule has 0 spiro atoms. The minimum absolute atomic E-state index is 0.0849. The quantitative estimate of drug-likeness (QED) is 0.0261. The molecule has 0 saturated carbocycles. The Morgan fingerprint density at radius 2 is 0.494 bits per heavy atom. The summed E-state index contributed by atoms with van der Waals surface area (Å²) >= 11 is 0. The molecule has 79 heavy (non-hydrogen) atoms. The summed E-state index contributed by atoms with van der Waals surface area (Å²) in [4.78, 5) is 38.2. The van der Waals surface area contributed by atoms with Crippen molar-refractivity contribution >= 4 is 17.9 Å². The fourth-order valence-corrected chi connectivity index (χ4v) is 8.83. The Labute approximate surface area is 487 Å². The standard InChI is InChI=1S/C73H120O6/c1-4-7-10-13-16-19-21-23-25-27-29-31-33-34-35-36-37-38-40-41-43-45-47-49-51-54-57-60-63-66-72(75)78-69-70(68-77-71(74)65-62-59-56-53-18-15-12-9-6-3)79-73(76)67-64-61-58-55-52-50-48-46-44-42-39-32-30-28-26-24-22-20-17-14-11-8-5-2/h7-8,10-11,16-17,19-20,23-26,29-32,34-35,37-38,42,44,70H,4-6,9,12-15,18,21-22,27-28,33,36,39-41,43,45-69H2,1-3H3/b10-7-,11-8-,19-16-,20-17-,25-23-,26-24-,31-29-,32-30-,35-34-,38-37-,44-42-. The van der Waals surface area contributed by atoms with Gasteiger partial charge < -0.3 is 14.2 Å². The Hall–Kier alpha value is -4.45. The van der Waals surface area contributed by atoms with Crippen LogP contribution in [0, 0.1) is 0 Å². The lowest BCUT2D eigenvalue weighted by atomic mass is 10.1. The second-order valence-corrected chi connectivity index (χ2v) is 21.3. The van der Waals surface area contributed by atoms with Gasteiger partial charge in [-0.15, -0.1) is 0 Å². The van der Waals surface area contributed by atoms with Crippen LogP contribution < -0.4 is 0 Å². The van der Waals surface area contributed by atoms with Crippen LogP contribution in [-0.4, -0.2) is 37.2 Å². The van der Waals surface area contributed by atoms with Gasteiger partial charge in [-0.3, -0.25) is 14.4 Å². The Morgan fingerprint density at radius 3 is 0.772 bits per heavy atom. The van der Waals surface area contributed by atoms with Crippen LogP contribution in [0.2, 0.25) is 0 Å². The molecule has 0 bridgehead atoms. The van der Waals surface area contributed by atoms with Gasteiger partial charge in [0.2, 0.25) is 0 Å². The highest BCUT2D eigenvalue weighted by molar-refractivity contribution is 5.71. The smallest absolute Gasteiger partial charge is 0.306 e. The van der Waals surface area contributed by atoms with E-state index in [1.807, 2.05) is 0 Å². The van der Waals surface area contributed by atoms with Crippen LogP contribution >= 0.6 is 0 Å². The number of unbranched alkanes of at least 4 members (excludes halogenated alkanes) is 25. The van der Waals surface area contributed by atoms with Crippen LogP contribution in [0.15, 0.2) is 134 Å². The Balaban J connectivity index is 4.25. The molecule has 0 saturated heterocycles. The fraction of sp³-hybridized carbons (Fsp3) is 0.658. The zero-order chi connectivity index (χ0) is 57.1. The lowest BCUT2D eigenvalue weighted by Crippen LogP contribution is -2.30. The van der Waals surface area contributed by atoms with Crippen molar-refractivity contribution in [3.05, 3.63) is 134 Å². The van der Waals surface area contributed by atoms with E-state index in [2.05, 4.69) is 154 Å². The molecule has 0 aliphatic carbocycles. The molecule has 0 aromatic heterocycles. The predicted molar refractivity (Wildman–Crippen MR) is 343 cm³/mol. The van der Waals surface area contributed by atoms with E-state index < -0.39 is 6.10 Å². The van der Waals surface area contributed by atoms with E-state index in [9.17, 15) is 14.4 Å². The van der Waals surface area contributed by atoms with Crippen molar-refractivity contribution in [3.8, 4) is 0 Å². The van der Waals surface area contributed by atoms with Crippen molar-refractivity contribution in [1.29, 1.82) is 0 Å². The minimum Gasteiger partial charge on any atom is -0.462 e. The fourth-order valence-electron chi connectivity index (χ4n) is 8.83. The predicted octanol–water partition coefficient (Wildman–Crippen LogP) is 22.5. The molecular formula is C73H120O6. The first kappa shape index (κ1) is 74.5. The van der Waals surface area contributed by atoms with Crippen molar-refractivity contribution in [3.63, 3.8) is 0 Å². The van der Waals surface area contributed by atoms with Gasteiger partial charge in [0.05, 0.1) is 0 Å². The SMILES string of the molecule is CC/C=C\C/C=C\C/C=C\C/C=C\C/C=C\C/C=C\CCCCCCCCCCCCC(=O)OCC(COC(=O)CCCCCCCCCCC)OC(=O)CCCCCCCCC/C=C\C/C=C\C/C=C\C/C=C\C/C=C\CC. The zero-order valence-corrected chi connectivity index (χ0v) is 51.3. The van der Waals surface area contributed by atoms with Crippen LogP contribution in [0.3, 0.4) is 0 Å². The molecule has 0 radical (unpaired) electrons. The number of esters is 3. The molecule has 0 aromatic carbocycles. The Kier molecular flexibility index (Phi) is 62.3. The van der Waals surface area contributed by atoms with Gasteiger partial charge >= 0.3 is 17.9 Å². The third kappa shape index (κ3) is 64.3. The summed E-state index contributed by atoms with van der Waals surface area (Å²) < 4.78 is 16.9. The van der Waals surface area contributed by atoms with Crippen molar-refractivity contribution in [2.24, 2.45) is 0 Å². The molecular weight excluding hydrogens is 973 g/mol. The molecule has 0 amide bonds. The molecule has 0 aliphatic rings. The maximum Gasteiger partial charge on any atom is 0.306 e. The molecule has 0 fully saturated rings. The van der Waals surface area contributed by atoms with Gasteiger partial charge in [-0.25, -0.2) is 0 Å². The molecule has 6 heteroatoms. The second-order valence-electron chi connectivity index (χ2n) is 21.3. The molecule has 1 unspecified atom stereocenters. The first-order valence-electron chi connectivity index (χ1n) is 32.7. The van der Waals surface area contributed by atoms with Gasteiger partial charge in [0.25, 0.3) is 0 Å². The molecule has 0 heterocycles. The average Bonchev–Trinajstić information content (AvgIpc) is 3.45. The highest BCUT2D eigenvalue weighted by atomic mass is 16.6. The number of carbonyl (C=O) groups excluding carboxylic acids is 3. The highest BCUT2D eigenvalue weighted by Gasteiger charge is 2.19. The number of hydrogen-bond donors (Lipinski definition) is 0. The maximum atomic E-state index is 12.9. The first-order chi connectivity index (χ1) is 39.0. The molecule has 0 rings (SSSR count). The Bertz CT molecular complexity index is 1680. The third-order valence-electron chi connectivity index (χ3n) is 13.7. The minimum atomic E-state index is -0.789. The van der Waals surface area contributed by atoms with Crippen molar-refractivity contribution < 1.29 is 28.6 Å². The van der Waals surface area contributed by atoms with E-state index in [1.54, 1.807) is 0 Å². The van der Waals surface area contributed by atoms with Gasteiger partial charge in [0, 0.05) is 19.3 Å². The topological polar surface area (TPSA) is 78.9 Å². The highest BCUT2D eigenvalue weighted by Crippen LogP contribution is 2.16. The average molecular weight is 1090 g/mol. The number of carbonyl (C=O) groups is 3. The summed E-state index contributed by atoms with van der Waals surface area (Å²) in [6.45, 7) is 6.39. The molecule has 0 aliphatic heterocycles. The summed E-state index contributed by atoms with van der Waals surface area (Å²) in [6.07, 6.45) is 93.2. The van der Waals surface area contributed by atoms with Crippen LogP contribution in [0.1, 0.15) is 290 Å². The normalized spacial score (nSPS) is 13.0. The van der Waals surface area contributed by atoms with Crippen molar-refractivity contribution in [2.45, 2.75) is 297 Å². The summed E-state index contributed by atoms with van der Waals surface area (Å²) in [7, 11) is 0. The maximum absolute atomic E-state index is 12.9. The summed E-state index contributed by atoms with van der Waals surface area (Å²) in [6, 6.07) is 0. The van der Waals surface area contributed by atoms with E-state index in [0.29, 0.717) is 19.3 Å². The molecule has 0 aromatic rings. The summed E-state index contributed by atoms with van der Waals surface area (Å²) in [5, 5.41) is 0. The van der Waals surface area contributed by atoms with Gasteiger partial charge in [0.15, 0.2) is 6.10 Å². The van der Waals surface area contributed by atoms with Crippen LogP contribution in [0.25, 0.3) is 0 Å². The largest absolute Gasteiger partial charge is 0.462 e. The third-order valence-corrected chi connectivity index (χ3v) is 13.7. The Morgan fingerprint density at radius 1 is 0.266 bits per heavy atom. The van der Waals surface area contributed by atoms with Gasteiger partial charge in [0.1, 0.15) is 13.2 Å². The van der Waals surface area contributed by atoms with Crippen molar-refractivity contribution in [2.75, 3.05) is 13.2 Å². The summed E-state index contributed by atoms with van der Waals surface area (Å²) in [5.41, 5.74) is 0. The molecule has 448 valence electrons. The molecule has 0 N–H and O–H groups in total. The first-order valence-corrected chi connectivity index (χ1v) is 32.7. The van der Waals surface area contributed by atoms with E-state index in [-0.39, 0.29) is 31.1 Å². The lowest BCUT2D eigenvalue weighted by Gasteiger charge is -2.18. The molecule has 1 atom stereocenters. The number of hydrogen-bond acceptors (Lipinski definition) is 6. The monoisotopic (exact) mass is 1090 g/mol. The van der Waals surface area contributed by atoms with E-state index in [1.165, 1.54) is 116 Å². The zero-order valence-electron chi connectivity index (χ0n) is 51.3. The van der Waals surface area contributed by atoms with Gasteiger partial charge in [-0.1, -0.05) is 289 Å². The van der Waals surface area contributed by atoms with Crippen LogP contribution in [0.5, 0.6) is 0 Å². The summed E-state index contributed by atoms with van der Waals surface area (Å²) in [5.74, 6) is -0.900. The van der Waals surface area contributed by atoms with E-state index in [4.69, 9.17) is 14.2 Å². The second kappa shape index (κ2) is 66.1. The molecule has 6 nitrogen and oxygen atoms in total. The van der Waals surface area contributed by atoms with Crippen LogP contribution in [0.4, 0.5) is 0 Å². The van der Waals surface area contributed by atoms with E-state index >= 15 is 0 Å². The number of rotatable bonds is 58. The van der Waals surface area contributed by atoms with Gasteiger partial charge in [-0.05, 0) is 116 Å². The number of ether oxygens (including phenoxy) is 3. The van der Waals surface area contributed by atoms with Gasteiger partial charge in [-0.2, -0.15) is 0 Å².